The number of ether oxygens (including phenoxy) is 1. The van der Waals surface area contributed by atoms with Gasteiger partial charge in [0.05, 0.1) is 0 Å². The molecule has 5 heteroatoms. The van der Waals surface area contributed by atoms with Gasteiger partial charge < -0.3 is 15.4 Å². The summed E-state index contributed by atoms with van der Waals surface area (Å²) in [6.07, 6.45) is 3.32. The van der Waals surface area contributed by atoms with Crippen LogP contribution in [0.3, 0.4) is 0 Å². The Hall–Kier alpha value is -1.78. The standard InChI is InChI=1S/C18H27FN2O2/c1-12-9-13(19)11-16(10-12)20-14-5-7-15(8-6-14)21-17(22)23-18(2,3)4/h9-11,14-15,20H,5-8H2,1-4H3,(H,21,22). The van der Waals surface area contributed by atoms with Crippen LogP contribution >= 0.6 is 0 Å². The van der Waals surface area contributed by atoms with E-state index in [1.165, 1.54) is 12.1 Å². The van der Waals surface area contributed by atoms with Gasteiger partial charge in [0.2, 0.25) is 0 Å². The van der Waals surface area contributed by atoms with Crippen LogP contribution in [-0.2, 0) is 4.74 Å². The SMILES string of the molecule is Cc1cc(F)cc(NC2CCC(NC(=O)OC(C)(C)C)CC2)c1. The Bertz CT molecular complexity index is 526. The number of carbonyl (C=O) groups is 1. The van der Waals surface area contributed by atoms with E-state index in [9.17, 15) is 9.18 Å². The first-order valence-electron chi connectivity index (χ1n) is 8.24. The zero-order valence-corrected chi connectivity index (χ0v) is 14.4. The number of anilines is 1. The molecule has 1 aromatic rings. The molecule has 0 saturated heterocycles. The molecule has 0 heterocycles. The fourth-order valence-electron chi connectivity index (χ4n) is 2.91. The maximum atomic E-state index is 13.4. The molecule has 1 aromatic carbocycles. The molecule has 0 spiro atoms. The van der Waals surface area contributed by atoms with Crippen molar-refractivity contribution >= 4 is 11.8 Å². The first kappa shape index (κ1) is 17.6. The maximum Gasteiger partial charge on any atom is 0.407 e. The maximum absolute atomic E-state index is 13.4. The van der Waals surface area contributed by atoms with Crippen molar-refractivity contribution in [1.29, 1.82) is 0 Å². The lowest BCUT2D eigenvalue weighted by Crippen LogP contribution is -2.42. The Labute approximate surface area is 137 Å². The number of hydrogen-bond acceptors (Lipinski definition) is 3. The van der Waals surface area contributed by atoms with Gasteiger partial charge in [0.25, 0.3) is 0 Å². The molecule has 0 radical (unpaired) electrons. The number of aryl methyl sites for hydroxylation is 1. The minimum absolute atomic E-state index is 0.150. The summed E-state index contributed by atoms with van der Waals surface area (Å²) in [5.41, 5.74) is 1.26. The summed E-state index contributed by atoms with van der Waals surface area (Å²) in [5, 5.41) is 6.32. The third kappa shape index (κ3) is 6.08. The molecular formula is C18H27FN2O2. The van der Waals surface area contributed by atoms with Crippen LogP contribution in [0.5, 0.6) is 0 Å². The fraction of sp³-hybridized carbons (Fsp3) is 0.611. The summed E-state index contributed by atoms with van der Waals surface area (Å²) >= 11 is 0. The molecule has 2 N–H and O–H groups in total. The fourth-order valence-corrected chi connectivity index (χ4v) is 2.91. The molecule has 1 aliphatic carbocycles. The lowest BCUT2D eigenvalue weighted by atomic mass is 9.91. The third-order valence-electron chi connectivity index (χ3n) is 3.86. The predicted molar refractivity (Wildman–Crippen MR) is 90.2 cm³/mol. The molecule has 1 fully saturated rings. The monoisotopic (exact) mass is 322 g/mol. The quantitative estimate of drug-likeness (QED) is 0.868. The highest BCUT2D eigenvalue weighted by Gasteiger charge is 2.24. The van der Waals surface area contributed by atoms with Crippen molar-refractivity contribution in [3.05, 3.63) is 29.6 Å². The summed E-state index contributed by atoms with van der Waals surface area (Å²) in [7, 11) is 0. The van der Waals surface area contributed by atoms with E-state index in [1.807, 2.05) is 33.8 Å². The van der Waals surface area contributed by atoms with E-state index >= 15 is 0 Å². The minimum Gasteiger partial charge on any atom is -0.444 e. The average molecular weight is 322 g/mol. The number of nitrogens with one attached hydrogen (secondary N) is 2. The average Bonchev–Trinajstić information content (AvgIpc) is 2.37. The summed E-state index contributed by atoms with van der Waals surface area (Å²) in [5.74, 6) is -0.215. The van der Waals surface area contributed by atoms with Gasteiger partial charge in [-0.1, -0.05) is 0 Å². The van der Waals surface area contributed by atoms with Gasteiger partial charge in [-0.2, -0.15) is 0 Å². The van der Waals surface area contributed by atoms with Gasteiger partial charge >= 0.3 is 6.09 Å². The smallest absolute Gasteiger partial charge is 0.407 e. The Morgan fingerprint density at radius 1 is 1.13 bits per heavy atom. The van der Waals surface area contributed by atoms with E-state index in [1.54, 1.807) is 0 Å². The molecule has 23 heavy (non-hydrogen) atoms. The van der Waals surface area contributed by atoms with Gasteiger partial charge in [0.1, 0.15) is 11.4 Å². The lowest BCUT2D eigenvalue weighted by molar-refractivity contribution is 0.0492. The molecule has 1 aliphatic rings. The molecule has 0 atom stereocenters. The molecule has 0 bridgehead atoms. The summed E-state index contributed by atoms with van der Waals surface area (Å²) < 4.78 is 18.7. The van der Waals surface area contributed by atoms with Crippen molar-refractivity contribution < 1.29 is 13.9 Å². The number of alkyl carbamates (subject to hydrolysis) is 1. The van der Waals surface area contributed by atoms with Crippen LogP contribution in [0.2, 0.25) is 0 Å². The van der Waals surface area contributed by atoms with Crippen LogP contribution < -0.4 is 10.6 Å². The molecular weight excluding hydrogens is 295 g/mol. The second-order valence-electron chi connectivity index (χ2n) is 7.36. The van der Waals surface area contributed by atoms with E-state index in [2.05, 4.69) is 10.6 Å². The van der Waals surface area contributed by atoms with Gasteiger partial charge in [-0.15, -0.1) is 0 Å². The first-order chi connectivity index (χ1) is 10.7. The van der Waals surface area contributed by atoms with Gasteiger partial charge in [-0.05, 0) is 77.1 Å². The Kier molecular flexibility index (Phi) is 5.50. The number of benzene rings is 1. The summed E-state index contributed by atoms with van der Waals surface area (Å²) in [4.78, 5) is 11.8. The molecule has 2 rings (SSSR count). The third-order valence-corrected chi connectivity index (χ3v) is 3.86. The van der Waals surface area contributed by atoms with Gasteiger partial charge in [-0.3, -0.25) is 0 Å². The minimum atomic E-state index is -0.474. The van der Waals surface area contributed by atoms with Crippen molar-refractivity contribution in [3.63, 3.8) is 0 Å². The van der Waals surface area contributed by atoms with Crippen molar-refractivity contribution in [1.82, 2.24) is 5.32 Å². The number of rotatable bonds is 3. The van der Waals surface area contributed by atoms with E-state index < -0.39 is 5.60 Å². The van der Waals surface area contributed by atoms with Crippen molar-refractivity contribution in [2.45, 2.75) is 71.1 Å². The molecule has 128 valence electrons. The molecule has 4 nitrogen and oxygen atoms in total. The van der Waals surface area contributed by atoms with Gasteiger partial charge in [0, 0.05) is 17.8 Å². The van der Waals surface area contributed by atoms with Crippen molar-refractivity contribution in [2.24, 2.45) is 0 Å². The predicted octanol–water partition coefficient (Wildman–Crippen LogP) is 4.38. The highest BCUT2D eigenvalue weighted by Crippen LogP contribution is 2.23. The van der Waals surface area contributed by atoms with E-state index in [0.717, 1.165) is 36.9 Å². The molecule has 1 amide bonds. The van der Waals surface area contributed by atoms with Gasteiger partial charge in [0.15, 0.2) is 0 Å². The highest BCUT2D eigenvalue weighted by molar-refractivity contribution is 5.68. The number of hydrogen-bond donors (Lipinski definition) is 2. The summed E-state index contributed by atoms with van der Waals surface area (Å²) in [6.45, 7) is 7.45. The topological polar surface area (TPSA) is 50.4 Å². The molecule has 0 aromatic heterocycles. The zero-order chi connectivity index (χ0) is 17.0. The van der Waals surface area contributed by atoms with Crippen molar-refractivity contribution in [3.8, 4) is 0 Å². The lowest BCUT2D eigenvalue weighted by Gasteiger charge is -2.31. The van der Waals surface area contributed by atoms with E-state index in [4.69, 9.17) is 4.74 Å². The van der Waals surface area contributed by atoms with E-state index in [-0.39, 0.29) is 18.0 Å². The summed E-state index contributed by atoms with van der Waals surface area (Å²) in [6, 6.07) is 5.46. The number of carbonyl (C=O) groups excluding carboxylic acids is 1. The highest BCUT2D eigenvalue weighted by atomic mass is 19.1. The van der Waals surface area contributed by atoms with Gasteiger partial charge in [-0.25, -0.2) is 9.18 Å². The molecule has 0 aliphatic heterocycles. The van der Waals surface area contributed by atoms with Crippen LogP contribution in [0.1, 0.15) is 52.0 Å². The number of amides is 1. The second kappa shape index (κ2) is 7.20. The molecule has 0 unspecified atom stereocenters. The Morgan fingerprint density at radius 2 is 1.74 bits per heavy atom. The van der Waals surface area contributed by atoms with Crippen molar-refractivity contribution in [2.75, 3.05) is 5.32 Å². The Morgan fingerprint density at radius 3 is 2.30 bits per heavy atom. The van der Waals surface area contributed by atoms with Crippen LogP contribution in [0.4, 0.5) is 14.9 Å². The van der Waals surface area contributed by atoms with Crippen LogP contribution in [0, 0.1) is 12.7 Å². The second-order valence-corrected chi connectivity index (χ2v) is 7.36. The van der Waals surface area contributed by atoms with Crippen LogP contribution in [0.15, 0.2) is 18.2 Å². The van der Waals surface area contributed by atoms with E-state index in [0.29, 0.717) is 6.04 Å². The first-order valence-corrected chi connectivity index (χ1v) is 8.24. The largest absolute Gasteiger partial charge is 0.444 e. The van der Waals surface area contributed by atoms with Crippen LogP contribution in [-0.4, -0.2) is 23.8 Å². The normalized spacial score (nSPS) is 21.6. The molecule has 1 saturated carbocycles. The van der Waals surface area contributed by atoms with Crippen LogP contribution in [0.25, 0.3) is 0 Å². The Balaban J connectivity index is 1.78. The number of halogens is 1. The zero-order valence-electron chi connectivity index (χ0n) is 14.4.